The van der Waals surface area contributed by atoms with Gasteiger partial charge in [-0.2, -0.15) is 0 Å². The number of nitrogens with one attached hydrogen (secondary N) is 1. The first kappa shape index (κ1) is 9.21. The highest BCUT2D eigenvalue weighted by Crippen LogP contribution is 2.26. The monoisotopic (exact) mass is 255 g/mol. The Morgan fingerprint density at radius 2 is 2.00 bits per heavy atom. The SMILES string of the molecule is O=C1NC(c2ccccc2Br)C(=O)O1. The number of hydrogen-bond donors (Lipinski definition) is 1. The van der Waals surface area contributed by atoms with Crippen LogP contribution < -0.4 is 5.32 Å². The standard InChI is InChI=1S/C9H6BrNO3/c10-6-4-2-1-3-5(6)7-8(12)14-9(13)11-7/h1-4,7H,(H,11,13). The smallest absolute Gasteiger partial charge is 0.374 e. The Morgan fingerprint density at radius 1 is 1.29 bits per heavy atom. The number of halogens is 1. The topological polar surface area (TPSA) is 55.4 Å². The molecule has 0 aromatic heterocycles. The summed E-state index contributed by atoms with van der Waals surface area (Å²) in [5.41, 5.74) is 0.698. The molecule has 0 saturated carbocycles. The molecule has 0 radical (unpaired) electrons. The van der Waals surface area contributed by atoms with Crippen LogP contribution in [0, 0.1) is 0 Å². The lowest BCUT2D eigenvalue weighted by Gasteiger charge is -2.07. The largest absolute Gasteiger partial charge is 0.415 e. The number of ether oxygens (including phenoxy) is 1. The van der Waals surface area contributed by atoms with Crippen LogP contribution in [0.5, 0.6) is 0 Å². The lowest BCUT2D eigenvalue weighted by molar-refractivity contribution is -0.135. The summed E-state index contributed by atoms with van der Waals surface area (Å²) < 4.78 is 5.14. The second-order valence-electron chi connectivity index (χ2n) is 2.81. The molecule has 0 bridgehead atoms. The molecule has 1 aliphatic heterocycles. The van der Waals surface area contributed by atoms with E-state index < -0.39 is 18.1 Å². The van der Waals surface area contributed by atoms with E-state index in [1.165, 1.54) is 0 Å². The van der Waals surface area contributed by atoms with Gasteiger partial charge in [-0.3, -0.25) is 0 Å². The summed E-state index contributed by atoms with van der Waals surface area (Å²) in [6.07, 6.45) is -0.698. The van der Waals surface area contributed by atoms with Crippen molar-refractivity contribution in [1.29, 1.82) is 0 Å². The summed E-state index contributed by atoms with van der Waals surface area (Å²) >= 11 is 3.29. The van der Waals surface area contributed by atoms with E-state index in [0.29, 0.717) is 5.56 Å². The van der Waals surface area contributed by atoms with Crippen molar-refractivity contribution in [3.05, 3.63) is 34.3 Å². The van der Waals surface area contributed by atoms with Gasteiger partial charge in [0, 0.05) is 4.47 Å². The lowest BCUT2D eigenvalue weighted by Crippen LogP contribution is -2.20. The molecule has 2 rings (SSSR count). The van der Waals surface area contributed by atoms with E-state index in [4.69, 9.17) is 0 Å². The molecule has 1 amide bonds. The van der Waals surface area contributed by atoms with E-state index >= 15 is 0 Å². The molecule has 14 heavy (non-hydrogen) atoms. The van der Waals surface area contributed by atoms with Gasteiger partial charge in [-0.15, -0.1) is 0 Å². The Morgan fingerprint density at radius 3 is 2.57 bits per heavy atom. The molecule has 4 nitrogen and oxygen atoms in total. The van der Waals surface area contributed by atoms with Gasteiger partial charge in [-0.05, 0) is 11.6 Å². The third-order valence-corrected chi connectivity index (χ3v) is 2.63. The van der Waals surface area contributed by atoms with E-state index in [1.807, 2.05) is 6.07 Å². The van der Waals surface area contributed by atoms with Crippen molar-refractivity contribution < 1.29 is 14.3 Å². The predicted octanol–water partition coefficient (Wildman–Crippen LogP) is 1.76. The Balaban J connectivity index is 2.36. The van der Waals surface area contributed by atoms with Crippen LogP contribution in [0.15, 0.2) is 28.7 Å². The third kappa shape index (κ3) is 1.50. The summed E-state index contributed by atoms with van der Waals surface area (Å²) in [6, 6.07) is 6.47. The molecule has 0 aliphatic carbocycles. The molecule has 1 saturated heterocycles. The highest BCUT2D eigenvalue weighted by molar-refractivity contribution is 9.10. The van der Waals surface area contributed by atoms with Crippen LogP contribution in [0.3, 0.4) is 0 Å². The van der Waals surface area contributed by atoms with Gasteiger partial charge in [0.15, 0.2) is 6.04 Å². The zero-order valence-electron chi connectivity index (χ0n) is 6.99. The Labute approximate surface area is 88.4 Å². The van der Waals surface area contributed by atoms with Gasteiger partial charge in [0.05, 0.1) is 0 Å². The molecule has 72 valence electrons. The minimum Gasteiger partial charge on any atom is -0.374 e. The molecule has 1 fully saturated rings. The molecule has 1 heterocycles. The van der Waals surface area contributed by atoms with Gasteiger partial charge in [0.25, 0.3) is 0 Å². The number of esters is 1. The quantitative estimate of drug-likeness (QED) is 0.615. The molecular weight excluding hydrogens is 250 g/mol. The van der Waals surface area contributed by atoms with E-state index in [9.17, 15) is 9.59 Å². The van der Waals surface area contributed by atoms with E-state index in [-0.39, 0.29) is 0 Å². The fraction of sp³-hybridized carbons (Fsp3) is 0.111. The van der Waals surface area contributed by atoms with E-state index in [1.54, 1.807) is 18.2 Å². The highest BCUT2D eigenvalue weighted by atomic mass is 79.9. The fourth-order valence-corrected chi connectivity index (χ4v) is 1.78. The highest BCUT2D eigenvalue weighted by Gasteiger charge is 2.34. The van der Waals surface area contributed by atoms with Crippen LogP contribution in [-0.4, -0.2) is 12.1 Å². The van der Waals surface area contributed by atoms with E-state index in [0.717, 1.165) is 4.47 Å². The summed E-state index contributed by atoms with van der Waals surface area (Å²) in [6.45, 7) is 0. The maximum atomic E-state index is 11.2. The van der Waals surface area contributed by atoms with Gasteiger partial charge < -0.3 is 10.1 Å². The molecule has 1 aromatic carbocycles. The number of alkyl carbamates (subject to hydrolysis) is 1. The van der Waals surface area contributed by atoms with Crippen LogP contribution in [0.2, 0.25) is 0 Å². The molecule has 1 aliphatic rings. The first-order chi connectivity index (χ1) is 6.68. The van der Waals surface area contributed by atoms with Crippen molar-refractivity contribution in [3.63, 3.8) is 0 Å². The fourth-order valence-electron chi connectivity index (χ4n) is 1.27. The molecular formula is C9H6BrNO3. The van der Waals surface area contributed by atoms with Gasteiger partial charge in [0.1, 0.15) is 0 Å². The molecule has 0 spiro atoms. The molecule has 1 unspecified atom stereocenters. The van der Waals surface area contributed by atoms with Crippen LogP contribution in [-0.2, 0) is 9.53 Å². The number of hydrogen-bond acceptors (Lipinski definition) is 3. The molecule has 1 aromatic rings. The van der Waals surface area contributed by atoms with Crippen molar-refractivity contribution in [1.82, 2.24) is 5.32 Å². The minimum atomic E-state index is -0.698. The van der Waals surface area contributed by atoms with Gasteiger partial charge in [-0.1, -0.05) is 34.1 Å². The summed E-state index contributed by atoms with van der Waals surface area (Å²) in [4.78, 5) is 22.0. The minimum absolute atomic E-state index is 0.568. The summed E-state index contributed by atoms with van der Waals surface area (Å²) in [5, 5.41) is 2.42. The second kappa shape index (κ2) is 3.42. The number of amides is 1. The molecule has 1 N–H and O–H groups in total. The van der Waals surface area contributed by atoms with Gasteiger partial charge in [-0.25, -0.2) is 9.59 Å². The predicted molar refractivity (Wildman–Crippen MR) is 51.5 cm³/mol. The average Bonchev–Trinajstić information content (AvgIpc) is 2.46. The first-order valence-corrected chi connectivity index (χ1v) is 4.74. The van der Waals surface area contributed by atoms with Crippen LogP contribution in [0.4, 0.5) is 4.79 Å². The Bertz CT molecular complexity index is 405. The van der Waals surface area contributed by atoms with Crippen molar-refractivity contribution in [2.24, 2.45) is 0 Å². The van der Waals surface area contributed by atoms with Crippen LogP contribution in [0.1, 0.15) is 11.6 Å². The van der Waals surface area contributed by atoms with Crippen molar-refractivity contribution in [3.8, 4) is 0 Å². The van der Waals surface area contributed by atoms with Crippen molar-refractivity contribution in [2.75, 3.05) is 0 Å². The second-order valence-corrected chi connectivity index (χ2v) is 3.66. The number of cyclic esters (lactones) is 2. The molecule has 1 atom stereocenters. The van der Waals surface area contributed by atoms with E-state index in [2.05, 4.69) is 26.0 Å². The van der Waals surface area contributed by atoms with Crippen molar-refractivity contribution in [2.45, 2.75) is 6.04 Å². The normalized spacial score (nSPS) is 20.5. The maximum Gasteiger partial charge on any atom is 0.415 e. The number of carbonyl (C=O) groups is 2. The van der Waals surface area contributed by atoms with Gasteiger partial charge >= 0.3 is 12.1 Å². The van der Waals surface area contributed by atoms with Gasteiger partial charge in [0.2, 0.25) is 0 Å². The van der Waals surface area contributed by atoms with Crippen LogP contribution >= 0.6 is 15.9 Å². The lowest BCUT2D eigenvalue weighted by atomic mass is 10.1. The zero-order valence-corrected chi connectivity index (χ0v) is 8.58. The number of carbonyl (C=O) groups excluding carboxylic acids is 2. The Hall–Kier alpha value is -1.36. The average molecular weight is 256 g/mol. The number of benzene rings is 1. The third-order valence-electron chi connectivity index (χ3n) is 1.91. The first-order valence-electron chi connectivity index (χ1n) is 3.95. The Kier molecular flexibility index (Phi) is 2.25. The summed E-state index contributed by atoms with van der Waals surface area (Å²) in [5.74, 6) is -0.568. The number of rotatable bonds is 1. The molecule has 5 heteroatoms. The summed E-state index contributed by atoms with van der Waals surface area (Å²) in [7, 11) is 0. The zero-order chi connectivity index (χ0) is 10.1. The van der Waals surface area contributed by atoms with Crippen LogP contribution in [0.25, 0.3) is 0 Å². The maximum absolute atomic E-state index is 11.2. The van der Waals surface area contributed by atoms with Crippen molar-refractivity contribution >= 4 is 28.0 Å².